The Balaban J connectivity index is -0.000000363. The van der Waals surface area contributed by atoms with E-state index in [0.29, 0.717) is 0 Å². The quantitative estimate of drug-likeness (QED) is 0.271. The second-order valence-corrected chi connectivity index (χ2v) is 8.62. The van der Waals surface area contributed by atoms with E-state index in [1.807, 2.05) is 72.8 Å². The standard InChI is InChI=1S/4C5H5N.2Ag.2Cr.7O/c4*1-2-4-6-5-3-1;;;;;;;;;;;/h4*1-5H;;;;;;;;;;;/q;;;;2*+1;;;;;;;;2*-1. The van der Waals surface area contributed by atoms with E-state index in [1.54, 1.807) is 49.6 Å². The van der Waals surface area contributed by atoms with Crippen molar-refractivity contribution in [3.63, 3.8) is 0 Å². The van der Waals surface area contributed by atoms with Crippen molar-refractivity contribution in [3.05, 3.63) is 122 Å². The summed E-state index contributed by atoms with van der Waals surface area (Å²) in [5, 5.41) is 0. The summed E-state index contributed by atoms with van der Waals surface area (Å²) in [5.41, 5.74) is 0. The molecule has 0 amide bonds. The Bertz CT molecular complexity index is 872. The molecule has 0 radical (unpaired) electrons. The summed E-state index contributed by atoms with van der Waals surface area (Å²) in [6.45, 7) is 0. The van der Waals surface area contributed by atoms with Crippen molar-refractivity contribution in [1.29, 1.82) is 0 Å². The van der Waals surface area contributed by atoms with Gasteiger partial charge in [-0.2, -0.15) is 0 Å². The average Bonchev–Trinajstić information content (AvgIpc) is 2.83. The Morgan fingerprint density at radius 1 is 0.400 bits per heavy atom. The van der Waals surface area contributed by atoms with Gasteiger partial charge >= 0.3 is 98.4 Å². The largest absolute Gasteiger partial charge is 0.265 e. The number of rotatable bonds is 2. The zero-order chi connectivity index (χ0) is 24.7. The average molecular weight is 748 g/mol. The number of pyridine rings is 4. The van der Waals surface area contributed by atoms with Gasteiger partial charge in [-0.1, -0.05) is 24.3 Å². The SMILES string of the molecule is [Ag+].[Ag+].[O]=[Cr](=[O])([O-])[O][Cr](=[O])(=[O])[O-].c1ccncc1.c1ccncc1.c1ccncc1.c1ccncc1. The Morgan fingerprint density at radius 2 is 0.571 bits per heavy atom. The van der Waals surface area contributed by atoms with E-state index in [0.717, 1.165) is 0 Å². The van der Waals surface area contributed by atoms with Crippen LogP contribution in [0.1, 0.15) is 0 Å². The fourth-order valence-electron chi connectivity index (χ4n) is 1.35. The summed E-state index contributed by atoms with van der Waals surface area (Å²) < 4.78 is 58.9. The zero-order valence-electron chi connectivity index (χ0n) is 17.6. The molecule has 0 aliphatic carbocycles. The molecule has 0 fully saturated rings. The van der Waals surface area contributed by atoms with Crippen LogP contribution in [0.2, 0.25) is 0 Å². The van der Waals surface area contributed by atoms with Crippen LogP contribution >= 0.6 is 0 Å². The summed E-state index contributed by atoms with van der Waals surface area (Å²) >= 11 is -12.1. The first-order valence-electron chi connectivity index (χ1n) is 8.73. The van der Waals surface area contributed by atoms with Gasteiger partial charge in [0.1, 0.15) is 0 Å². The van der Waals surface area contributed by atoms with E-state index in [9.17, 15) is 23.5 Å². The summed E-state index contributed by atoms with van der Waals surface area (Å²) in [5.74, 6) is 0. The molecule has 0 atom stereocenters. The third-order valence-corrected chi connectivity index (χ3v) is 5.10. The van der Waals surface area contributed by atoms with Gasteiger partial charge in [0.05, 0.1) is 0 Å². The van der Waals surface area contributed by atoms with Gasteiger partial charge in [-0.3, -0.25) is 19.9 Å². The van der Waals surface area contributed by atoms with Crippen LogP contribution in [0, 0.1) is 0 Å². The summed E-state index contributed by atoms with van der Waals surface area (Å²) in [6.07, 6.45) is 14.0. The van der Waals surface area contributed by atoms with Gasteiger partial charge in [0.2, 0.25) is 0 Å². The first-order chi connectivity index (χ1) is 15.7. The monoisotopic (exact) mass is 746 g/mol. The first-order valence-corrected chi connectivity index (χ1v) is 12.9. The van der Waals surface area contributed by atoms with Crippen molar-refractivity contribution in [3.8, 4) is 0 Å². The van der Waals surface area contributed by atoms with E-state index in [1.165, 1.54) is 0 Å². The van der Waals surface area contributed by atoms with Crippen molar-refractivity contribution < 1.29 is 98.4 Å². The van der Waals surface area contributed by atoms with Crippen molar-refractivity contribution in [2.75, 3.05) is 0 Å². The van der Waals surface area contributed by atoms with Gasteiger partial charge in [0.15, 0.2) is 0 Å². The minimum atomic E-state index is -6.07. The molecule has 0 saturated carbocycles. The third-order valence-electron chi connectivity index (χ3n) is 2.43. The molecule has 15 heteroatoms. The van der Waals surface area contributed by atoms with Crippen LogP contribution in [-0.2, 0) is 90.0 Å². The minimum absolute atomic E-state index is 0. The maximum atomic E-state index is 9.38. The van der Waals surface area contributed by atoms with E-state index >= 15 is 0 Å². The second-order valence-electron chi connectivity index (χ2n) is 4.98. The molecule has 4 aromatic rings. The number of nitrogens with zero attached hydrogens (tertiary/aromatic N) is 4. The first kappa shape index (κ1) is 37.8. The second kappa shape index (κ2) is 25.3. The van der Waals surface area contributed by atoms with Crippen molar-refractivity contribution in [2.45, 2.75) is 0 Å². The summed E-state index contributed by atoms with van der Waals surface area (Å²) in [6, 6.07) is 22.9. The van der Waals surface area contributed by atoms with Crippen molar-refractivity contribution in [1.82, 2.24) is 19.9 Å². The molecule has 4 rings (SSSR count). The van der Waals surface area contributed by atoms with Crippen LogP contribution in [0.4, 0.5) is 0 Å². The minimum Gasteiger partial charge on any atom is -0.265 e. The molecule has 0 saturated heterocycles. The Kier molecular flexibility index (Phi) is 27.3. The molecule has 0 N–H and O–H groups in total. The molecule has 0 unspecified atom stereocenters. The molecule has 0 aliphatic rings. The van der Waals surface area contributed by atoms with E-state index in [2.05, 4.69) is 22.8 Å². The topological polar surface area (TPSA) is 175 Å². The maximum Gasteiger partial charge on any atom is 0.0267 e. The van der Waals surface area contributed by atoms with Crippen molar-refractivity contribution in [2.24, 2.45) is 0 Å². The van der Waals surface area contributed by atoms with Crippen molar-refractivity contribution >= 4 is 0 Å². The van der Waals surface area contributed by atoms with Gasteiger partial charge in [0, 0.05) is 49.6 Å². The molecule has 0 spiro atoms. The fourth-order valence-corrected chi connectivity index (χ4v) is 2.99. The van der Waals surface area contributed by atoms with Crippen LogP contribution in [0.5, 0.6) is 0 Å². The summed E-state index contributed by atoms with van der Waals surface area (Å²) in [7, 11) is 0. The Hall–Kier alpha value is -1.77. The van der Waals surface area contributed by atoms with Gasteiger partial charge in [-0.05, 0) is 48.5 Å². The van der Waals surface area contributed by atoms with Gasteiger partial charge < -0.3 is 0 Å². The smallest absolute Gasteiger partial charge is 0.0267 e. The van der Waals surface area contributed by atoms with Crippen LogP contribution in [0.15, 0.2) is 122 Å². The number of aromatic nitrogens is 4. The van der Waals surface area contributed by atoms with Crippen LogP contribution in [0.25, 0.3) is 0 Å². The summed E-state index contributed by atoms with van der Waals surface area (Å²) in [4.78, 5) is 15.1. The molecule has 0 aromatic carbocycles. The van der Waals surface area contributed by atoms with Gasteiger partial charge in [-0.25, -0.2) is 0 Å². The maximum absolute atomic E-state index is 9.38. The molecular weight excluding hydrogens is 728 g/mol. The molecule has 0 aliphatic heterocycles. The van der Waals surface area contributed by atoms with Crippen LogP contribution < -0.4 is 8.32 Å². The fraction of sp³-hybridized carbons (Fsp3) is 0. The molecule has 0 bridgehead atoms. The molecule has 11 nitrogen and oxygen atoms in total. The Morgan fingerprint density at radius 3 is 0.600 bits per heavy atom. The van der Waals surface area contributed by atoms with E-state index in [-0.39, 0.29) is 44.8 Å². The zero-order valence-corrected chi connectivity index (χ0v) is 23.1. The molecule has 4 heterocycles. The van der Waals surface area contributed by atoms with Crippen LogP contribution in [0.3, 0.4) is 0 Å². The normalized spacial score (nSPS) is 8.97. The van der Waals surface area contributed by atoms with E-state index in [4.69, 9.17) is 0 Å². The number of hydrogen-bond acceptors (Lipinski definition) is 11. The van der Waals surface area contributed by atoms with Gasteiger partial charge in [-0.15, -0.1) is 0 Å². The molecule has 196 valence electrons. The number of hydrogen-bond donors (Lipinski definition) is 0. The Labute approximate surface area is 238 Å². The van der Waals surface area contributed by atoms with Crippen LogP contribution in [-0.4, -0.2) is 19.9 Å². The molecule has 4 aromatic heterocycles. The molecule has 35 heavy (non-hydrogen) atoms. The third kappa shape index (κ3) is 37.0. The molecular formula is C20H20Ag2Cr2N4O7. The predicted molar refractivity (Wildman–Crippen MR) is 101 cm³/mol. The van der Waals surface area contributed by atoms with Gasteiger partial charge in [0.25, 0.3) is 0 Å². The predicted octanol–water partition coefficient (Wildman–Crippen LogP) is 1.39. The van der Waals surface area contributed by atoms with E-state index < -0.39 is 27.2 Å².